The Bertz CT molecular complexity index is 369. The standard InChI is InChI=1S/C7H5BrF4N2O/c8-4-1-3(2-13)5(6(9)14-4)15-7(10,11)12/h1H,2,13H2. The van der Waals surface area contributed by atoms with Crippen LogP contribution < -0.4 is 10.5 Å². The third-order valence-electron chi connectivity index (χ3n) is 1.42. The van der Waals surface area contributed by atoms with Crippen molar-refractivity contribution in [3.8, 4) is 5.75 Å². The Balaban J connectivity index is 3.15. The number of pyridine rings is 1. The second-order valence-electron chi connectivity index (χ2n) is 2.48. The molecule has 3 nitrogen and oxygen atoms in total. The molecule has 0 fully saturated rings. The summed E-state index contributed by atoms with van der Waals surface area (Å²) in [5.74, 6) is -2.35. The average Bonchev–Trinajstić information content (AvgIpc) is 2.07. The van der Waals surface area contributed by atoms with E-state index in [0.29, 0.717) is 0 Å². The topological polar surface area (TPSA) is 48.1 Å². The molecule has 1 aromatic heterocycles. The Labute approximate surface area is 90.4 Å². The quantitative estimate of drug-likeness (QED) is 0.671. The van der Waals surface area contributed by atoms with Gasteiger partial charge in [0.2, 0.25) is 0 Å². The fourth-order valence-electron chi connectivity index (χ4n) is 0.894. The van der Waals surface area contributed by atoms with Crippen LogP contribution in [0, 0.1) is 5.95 Å². The van der Waals surface area contributed by atoms with Gasteiger partial charge in [-0.1, -0.05) is 0 Å². The molecule has 0 atom stereocenters. The number of alkyl halides is 3. The molecule has 0 bridgehead atoms. The summed E-state index contributed by atoms with van der Waals surface area (Å²) in [4.78, 5) is 3.14. The zero-order valence-corrected chi connectivity index (χ0v) is 8.69. The first-order valence-electron chi connectivity index (χ1n) is 3.64. The fraction of sp³-hybridized carbons (Fsp3) is 0.286. The smallest absolute Gasteiger partial charge is 0.401 e. The zero-order chi connectivity index (χ0) is 11.6. The second-order valence-corrected chi connectivity index (χ2v) is 3.29. The molecule has 0 aliphatic heterocycles. The van der Waals surface area contributed by atoms with Gasteiger partial charge < -0.3 is 10.5 Å². The van der Waals surface area contributed by atoms with Crippen LogP contribution in [-0.2, 0) is 6.54 Å². The van der Waals surface area contributed by atoms with Gasteiger partial charge in [0.05, 0.1) is 0 Å². The van der Waals surface area contributed by atoms with Gasteiger partial charge in [0.1, 0.15) is 4.60 Å². The minimum absolute atomic E-state index is 0.0509. The number of nitrogens with zero attached hydrogens (tertiary/aromatic N) is 1. The minimum Gasteiger partial charge on any atom is -0.401 e. The third kappa shape index (κ3) is 3.31. The molecule has 15 heavy (non-hydrogen) atoms. The van der Waals surface area contributed by atoms with Gasteiger partial charge >= 0.3 is 6.36 Å². The summed E-state index contributed by atoms with van der Waals surface area (Å²) in [6.45, 7) is -0.288. The Morgan fingerprint density at radius 3 is 2.53 bits per heavy atom. The highest BCUT2D eigenvalue weighted by Crippen LogP contribution is 2.29. The van der Waals surface area contributed by atoms with Crippen molar-refractivity contribution in [2.45, 2.75) is 12.9 Å². The maximum Gasteiger partial charge on any atom is 0.573 e. The van der Waals surface area contributed by atoms with Crippen LogP contribution in [-0.4, -0.2) is 11.3 Å². The van der Waals surface area contributed by atoms with E-state index in [1.807, 2.05) is 0 Å². The lowest BCUT2D eigenvalue weighted by Gasteiger charge is -2.12. The van der Waals surface area contributed by atoms with Gasteiger partial charge in [-0.05, 0) is 22.0 Å². The van der Waals surface area contributed by atoms with Crippen LogP contribution in [0.3, 0.4) is 0 Å². The Morgan fingerprint density at radius 2 is 2.07 bits per heavy atom. The normalized spacial score (nSPS) is 11.6. The highest BCUT2D eigenvalue weighted by Gasteiger charge is 2.34. The lowest BCUT2D eigenvalue weighted by atomic mass is 10.2. The summed E-state index contributed by atoms with van der Waals surface area (Å²) in [5, 5.41) is 0. The molecule has 0 unspecified atom stereocenters. The second kappa shape index (κ2) is 4.31. The molecular weight excluding hydrogens is 284 g/mol. The van der Waals surface area contributed by atoms with E-state index in [0.717, 1.165) is 6.07 Å². The van der Waals surface area contributed by atoms with Gasteiger partial charge in [-0.3, -0.25) is 0 Å². The first-order valence-corrected chi connectivity index (χ1v) is 4.43. The van der Waals surface area contributed by atoms with Crippen LogP contribution in [0.4, 0.5) is 17.6 Å². The highest BCUT2D eigenvalue weighted by molar-refractivity contribution is 9.10. The zero-order valence-electron chi connectivity index (χ0n) is 7.11. The van der Waals surface area contributed by atoms with Crippen molar-refractivity contribution in [2.75, 3.05) is 0 Å². The molecule has 84 valence electrons. The van der Waals surface area contributed by atoms with Gasteiger partial charge in [0.25, 0.3) is 5.95 Å². The highest BCUT2D eigenvalue weighted by atomic mass is 79.9. The minimum atomic E-state index is -4.97. The number of aromatic nitrogens is 1. The summed E-state index contributed by atoms with van der Waals surface area (Å²) < 4.78 is 52.1. The number of hydrogen-bond acceptors (Lipinski definition) is 3. The Kier molecular flexibility index (Phi) is 3.50. The summed E-state index contributed by atoms with van der Waals surface area (Å²) in [6.07, 6.45) is -4.97. The summed E-state index contributed by atoms with van der Waals surface area (Å²) in [5.41, 5.74) is 5.03. The molecule has 0 amide bonds. The molecule has 0 spiro atoms. The van der Waals surface area contributed by atoms with Gasteiger partial charge in [-0.25, -0.2) is 4.98 Å². The van der Waals surface area contributed by atoms with Crippen LogP contribution in [0.15, 0.2) is 10.7 Å². The van der Waals surface area contributed by atoms with Crippen molar-refractivity contribution >= 4 is 15.9 Å². The third-order valence-corrected chi connectivity index (χ3v) is 1.82. The SMILES string of the molecule is NCc1cc(Br)nc(F)c1OC(F)(F)F. The summed E-state index contributed by atoms with van der Waals surface area (Å²) >= 11 is 2.82. The number of hydrogen-bond donors (Lipinski definition) is 1. The van der Waals surface area contributed by atoms with Crippen LogP contribution in [0.1, 0.15) is 5.56 Å². The van der Waals surface area contributed by atoms with Crippen LogP contribution in [0.5, 0.6) is 5.75 Å². The van der Waals surface area contributed by atoms with E-state index >= 15 is 0 Å². The number of halogens is 5. The molecular formula is C7H5BrF4N2O. The first kappa shape index (κ1) is 12.2. The van der Waals surface area contributed by atoms with E-state index in [-0.39, 0.29) is 16.7 Å². The summed E-state index contributed by atoms with van der Waals surface area (Å²) in [6, 6.07) is 1.16. The van der Waals surface area contributed by atoms with Crippen molar-refractivity contribution in [3.05, 3.63) is 22.2 Å². The van der Waals surface area contributed by atoms with E-state index in [1.165, 1.54) is 0 Å². The maximum atomic E-state index is 13.0. The number of rotatable bonds is 2. The van der Waals surface area contributed by atoms with Crippen LogP contribution in [0.2, 0.25) is 0 Å². The van der Waals surface area contributed by atoms with Crippen molar-refractivity contribution in [1.29, 1.82) is 0 Å². The molecule has 2 N–H and O–H groups in total. The predicted molar refractivity (Wildman–Crippen MR) is 46.5 cm³/mol. The fourth-order valence-corrected chi connectivity index (χ4v) is 1.33. The van der Waals surface area contributed by atoms with Crippen molar-refractivity contribution in [2.24, 2.45) is 5.73 Å². The van der Waals surface area contributed by atoms with E-state index < -0.39 is 18.1 Å². The molecule has 0 radical (unpaired) electrons. The van der Waals surface area contributed by atoms with Crippen molar-refractivity contribution in [1.82, 2.24) is 4.98 Å². The number of nitrogens with two attached hydrogens (primary N) is 1. The molecule has 0 aliphatic carbocycles. The average molecular weight is 289 g/mol. The molecule has 0 saturated carbocycles. The van der Waals surface area contributed by atoms with Gasteiger partial charge in [0, 0.05) is 12.1 Å². The van der Waals surface area contributed by atoms with Gasteiger partial charge in [0.15, 0.2) is 5.75 Å². The molecule has 8 heteroatoms. The monoisotopic (exact) mass is 288 g/mol. The summed E-state index contributed by atoms with van der Waals surface area (Å²) in [7, 11) is 0. The molecule has 0 aliphatic rings. The first-order chi connectivity index (χ1) is 6.83. The van der Waals surface area contributed by atoms with Gasteiger partial charge in [-0.2, -0.15) is 4.39 Å². The van der Waals surface area contributed by atoms with E-state index in [1.54, 1.807) is 0 Å². The van der Waals surface area contributed by atoms with Crippen LogP contribution in [0.25, 0.3) is 0 Å². The van der Waals surface area contributed by atoms with Crippen molar-refractivity contribution < 1.29 is 22.3 Å². The van der Waals surface area contributed by atoms with E-state index in [4.69, 9.17) is 5.73 Å². The molecule has 0 aromatic carbocycles. The largest absolute Gasteiger partial charge is 0.573 e. The number of ether oxygens (including phenoxy) is 1. The molecule has 0 saturated heterocycles. The van der Waals surface area contributed by atoms with E-state index in [9.17, 15) is 17.6 Å². The van der Waals surface area contributed by atoms with E-state index in [2.05, 4.69) is 25.7 Å². The van der Waals surface area contributed by atoms with Gasteiger partial charge in [-0.15, -0.1) is 13.2 Å². The molecule has 1 rings (SSSR count). The lowest BCUT2D eigenvalue weighted by molar-refractivity contribution is -0.276. The molecule has 1 aromatic rings. The Hall–Kier alpha value is -0.890. The molecule has 1 heterocycles. The Morgan fingerprint density at radius 1 is 1.47 bits per heavy atom. The van der Waals surface area contributed by atoms with Crippen molar-refractivity contribution in [3.63, 3.8) is 0 Å². The lowest BCUT2D eigenvalue weighted by Crippen LogP contribution is -2.20. The van der Waals surface area contributed by atoms with Crippen LogP contribution >= 0.6 is 15.9 Å². The predicted octanol–water partition coefficient (Wildman–Crippen LogP) is 2.34. The maximum absolute atomic E-state index is 13.0.